The molecule has 0 saturated heterocycles. The zero-order chi connectivity index (χ0) is 10.7. The Morgan fingerprint density at radius 1 is 1.67 bits per heavy atom. The Morgan fingerprint density at radius 3 is 3.13 bits per heavy atom. The molecule has 84 valence electrons. The summed E-state index contributed by atoms with van der Waals surface area (Å²) in [7, 11) is 0. The Hall–Kier alpha value is -0.870. The lowest BCUT2D eigenvalue weighted by atomic mass is 10.2. The summed E-state index contributed by atoms with van der Waals surface area (Å²) in [6.45, 7) is 3.68. The van der Waals surface area contributed by atoms with E-state index in [1.807, 2.05) is 6.20 Å². The van der Waals surface area contributed by atoms with Gasteiger partial charge in [0.05, 0.1) is 6.10 Å². The van der Waals surface area contributed by atoms with Crippen LogP contribution in [0.4, 0.5) is 0 Å². The zero-order valence-electron chi connectivity index (χ0n) is 9.19. The molecule has 2 rings (SSSR count). The van der Waals surface area contributed by atoms with Crippen LogP contribution >= 0.6 is 0 Å². The number of aliphatic hydroxyl groups excluding tert-OH is 1. The number of aryl methyl sites for hydroxylation is 1. The lowest BCUT2D eigenvalue weighted by Crippen LogP contribution is -2.30. The van der Waals surface area contributed by atoms with Crippen molar-refractivity contribution in [1.82, 2.24) is 14.9 Å². The molecule has 1 saturated carbocycles. The highest BCUT2D eigenvalue weighted by atomic mass is 16.3. The first-order valence-electron chi connectivity index (χ1n) is 5.71. The number of nitrogens with zero attached hydrogens (tertiary/aromatic N) is 2. The Labute approximate surface area is 90.3 Å². The van der Waals surface area contributed by atoms with Crippen LogP contribution in [0.5, 0.6) is 0 Å². The number of hydrogen-bond donors (Lipinski definition) is 2. The van der Waals surface area contributed by atoms with Gasteiger partial charge in [-0.1, -0.05) is 0 Å². The largest absolute Gasteiger partial charge is 0.391 e. The molecule has 1 aromatic rings. The molecule has 0 aliphatic heterocycles. The standard InChI is InChI=1S/C11H19N3O/c1-2-14-6-5-12-11(14)7-10(15)8-13-9-3-4-9/h5-6,9-10,13,15H,2-4,7-8H2,1H3. The summed E-state index contributed by atoms with van der Waals surface area (Å²) in [6, 6.07) is 0.658. The highest BCUT2D eigenvalue weighted by Crippen LogP contribution is 2.18. The second-order valence-electron chi connectivity index (χ2n) is 4.17. The van der Waals surface area contributed by atoms with E-state index in [1.54, 1.807) is 6.20 Å². The first-order chi connectivity index (χ1) is 7.29. The molecule has 0 amide bonds. The Kier molecular flexibility index (Phi) is 3.38. The molecule has 1 heterocycles. The molecule has 4 heteroatoms. The molecule has 0 radical (unpaired) electrons. The van der Waals surface area contributed by atoms with Gasteiger partial charge in [0.25, 0.3) is 0 Å². The fourth-order valence-corrected chi connectivity index (χ4v) is 1.69. The summed E-state index contributed by atoms with van der Waals surface area (Å²) in [6.07, 6.45) is 6.59. The number of rotatable bonds is 6. The number of aliphatic hydroxyl groups is 1. The van der Waals surface area contributed by atoms with E-state index in [-0.39, 0.29) is 6.10 Å². The maximum atomic E-state index is 9.80. The van der Waals surface area contributed by atoms with E-state index in [0.29, 0.717) is 19.0 Å². The SMILES string of the molecule is CCn1ccnc1CC(O)CNC1CC1. The first-order valence-corrected chi connectivity index (χ1v) is 5.71. The lowest BCUT2D eigenvalue weighted by molar-refractivity contribution is 0.168. The van der Waals surface area contributed by atoms with Gasteiger partial charge in [-0.05, 0) is 19.8 Å². The maximum absolute atomic E-state index is 9.80. The second kappa shape index (κ2) is 4.77. The van der Waals surface area contributed by atoms with Gasteiger partial charge in [-0.25, -0.2) is 4.98 Å². The van der Waals surface area contributed by atoms with Gasteiger partial charge in [0, 0.05) is 37.9 Å². The smallest absolute Gasteiger partial charge is 0.111 e. The Balaban J connectivity index is 1.78. The van der Waals surface area contributed by atoms with Gasteiger partial charge >= 0.3 is 0 Å². The molecule has 1 aliphatic carbocycles. The van der Waals surface area contributed by atoms with E-state index in [2.05, 4.69) is 21.8 Å². The van der Waals surface area contributed by atoms with Crippen molar-refractivity contribution < 1.29 is 5.11 Å². The van der Waals surface area contributed by atoms with Crippen LogP contribution in [0.1, 0.15) is 25.6 Å². The molecule has 1 atom stereocenters. The van der Waals surface area contributed by atoms with E-state index in [4.69, 9.17) is 0 Å². The molecule has 0 bridgehead atoms. The zero-order valence-corrected chi connectivity index (χ0v) is 9.19. The molecule has 1 aromatic heterocycles. The highest BCUT2D eigenvalue weighted by molar-refractivity contribution is 4.94. The number of imidazole rings is 1. The number of nitrogens with one attached hydrogen (secondary N) is 1. The molecular weight excluding hydrogens is 190 g/mol. The van der Waals surface area contributed by atoms with Gasteiger partial charge in [0.2, 0.25) is 0 Å². The molecule has 2 N–H and O–H groups in total. The van der Waals surface area contributed by atoms with Gasteiger partial charge in [-0.2, -0.15) is 0 Å². The van der Waals surface area contributed by atoms with E-state index in [0.717, 1.165) is 12.4 Å². The summed E-state index contributed by atoms with van der Waals surface area (Å²) in [5.74, 6) is 0.975. The molecule has 0 spiro atoms. The highest BCUT2D eigenvalue weighted by Gasteiger charge is 2.21. The van der Waals surface area contributed by atoms with Crippen LogP contribution in [0.15, 0.2) is 12.4 Å². The van der Waals surface area contributed by atoms with Crippen molar-refractivity contribution in [2.75, 3.05) is 6.54 Å². The normalized spacial score (nSPS) is 18.0. The monoisotopic (exact) mass is 209 g/mol. The van der Waals surface area contributed by atoms with Crippen LogP contribution in [0.25, 0.3) is 0 Å². The average molecular weight is 209 g/mol. The summed E-state index contributed by atoms with van der Waals surface area (Å²) < 4.78 is 2.07. The van der Waals surface area contributed by atoms with Gasteiger partial charge in [-0.3, -0.25) is 0 Å². The van der Waals surface area contributed by atoms with Crippen LogP contribution in [-0.2, 0) is 13.0 Å². The predicted octanol–water partition coefficient (Wildman–Crippen LogP) is 0.558. The van der Waals surface area contributed by atoms with Gasteiger partial charge in [0.15, 0.2) is 0 Å². The van der Waals surface area contributed by atoms with Crippen LogP contribution < -0.4 is 5.32 Å². The lowest BCUT2D eigenvalue weighted by Gasteiger charge is -2.11. The van der Waals surface area contributed by atoms with Crippen molar-refractivity contribution in [3.63, 3.8) is 0 Å². The quantitative estimate of drug-likeness (QED) is 0.719. The fraction of sp³-hybridized carbons (Fsp3) is 0.727. The molecule has 1 unspecified atom stereocenters. The summed E-state index contributed by atoms with van der Waals surface area (Å²) >= 11 is 0. The minimum atomic E-state index is -0.321. The van der Waals surface area contributed by atoms with Crippen LogP contribution in [0, 0.1) is 0 Å². The summed E-state index contributed by atoms with van der Waals surface area (Å²) in [5.41, 5.74) is 0. The summed E-state index contributed by atoms with van der Waals surface area (Å²) in [4.78, 5) is 4.24. The minimum Gasteiger partial charge on any atom is -0.391 e. The third-order valence-corrected chi connectivity index (χ3v) is 2.78. The van der Waals surface area contributed by atoms with Crippen molar-refractivity contribution in [2.45, 2.75) is 44.9 Å². The van der Waals surface area contributed by atoms with Crippen molar-refractivity contribution >= 4 is 0 Å². The third-order valence-electron chi connectivity index (χ3n) is 2.78. The average Bonchev–Trinajstić information content (AvgIpc) is 2.96. The Bertz CT molecular complexity index is 307. The topological polar surface area (TPSA) is 50.1 Å². The van der Waals surface area contributed by atoms with Crippen molar-refractivity contribution in [1.29, 1.82) is 0 Å². The van der Waals surface area contributed by atoms with Gasteiger partial charge in [0.1, 0.15) is 5.82 Å². The van der Waals surface area contributed by atoms with E-state index < -0.39 is 0 Å². The molecule has 15 heavy (non-hydrogen) atoms. The molecule has 0 aromatic carbocycles. The van der Waals surface area contributed by atoms with Crippen LogP contribution in [-0.4, -0.2) is 33.3 Å². The first kappa shape index (κ1) is 10.6. The molecular formula is C11H19N3O. The van der Waals surface area contributed by atoms with Gasteiger partial charge in [-0.15, -0.1) is 0 Å². The second-order valence-corrected chi connectivity index (χ2v) is 4.17. The number of hydrogen-bond acceptors (Lipinski definition) is 3. The predicted molar refractivity (Wildman–Crippen MR) is 58.6 cm³/mol. The van der Waals surface area contributed by atoms with Gasteiger partial charge < -0.3 is 15.0 Å². The summed E-state index contributed by atoms with van der Waals surface area (Å²) in [5, 5.41) is 13.1. The van der Waals surface area contributed by atoms with E-state index >= 15 is 0 Å². The maximum Gasteiger partial charge on any atom is 0.111 e. The van der Waals surface area contributed by atoms with E-state index in [9.17, 15) is 5.11 Å². The Morgan fingerprint density at radius 2 is 2.47 bits per heavy atom. The van der Waals surface area contributed by atoms with Crippen molar-refractivity contribution in [3.05, 3.63) is 18.2 Å². The number of aromatic nitrogens is 2. The molecule has 1 aliphatic rings. The molecule has 1 fully saturated rings. The van der Waals surface area contributed by atoms with E-state index in [1.165, 1.54) is 12.8 Å². The fourth-order valence-electron chi connectivity index (χ4n) is 1.69. The van der Waals surface area contributed by atoms with Crippen molar-refractivity contribution in [2.24, 2.45) is 0 Å². The minimum absolute atomic E-state index is 0.321. The van der Waals surface area contributed by atoms with Crippen LogP contribution in [0.3, 0.4) is 0 Å². The molecule has 4 nitrogen and oxygen atoms in total. The third kappa shape index (κ3) is 3.04. The van der Waals surface area contributed by atoms with Crippen molar-refractivity contribution in [3.8, 4) is 0 Å². The van der Waals surface area contributed by atoms with Crippen LogP contribution in [0.2, 0.25) is 0 Å².